The maximum atomic E-state index is 5.51. The van der Waals surface area contributed by atoms with Crippen molar-refractivity contribution < 1.29 is 18.3 Å². The summed E-state index contributed by atoms with van der Waals surface area (Å²) in [6, 6.07) is 0. The first kappa shape index (κ1) is 11.0. The largest absolute Gasteiger partial charge is 0.467 e. The van der Waals surface area contributed by atoms with Crippen LogP contribution in [0.5, 0.6) is 5.95 Å². The van der Waals surface area contributed by atoms with Gasteiger partial charge in [0, 0.05) is 12.4 Å². The molecule has 8 heteroatoms. The van der Waals surface area contributed by atoms with Gasteiger partial charge in [0.2, 0.25) is 11.5 Å². The molecule has 0 radical (unpaired) electrons. The Labute approximate surface area is 105 Å². The van der Waals surface area contributed by atoms with E-state index in [2.05, 4.69) is 4.98 Å². The molecule has 0 N–H and O–H groups in total. The second-order valence-electron chi connectivity index (χ2n) is 3.58. The van der Waals surface area contributed by atoms with Gasteiger partial charge in [-0.3, -0.25) is 4.63 Å². The standard InChI is InChI=1S/C10H11N3O4S/c1-12-10-8(16-13(2)17-12)6(5-18-10)9-11-4-7(14-3)15-9/h4-5H,1-3H3. The van der Waals surface area contributed by atoms with E-state index >= 15 is 0 Å². The fourth-order valence-corrected chi connectivity index (χ4v) is 2.50. The molecule has 0 saturated carbocycles. The summed E-state index contributed by atoms with van der Waals surface area (Å²) in [5, 5.41) is 1.90. The van der Waals surface area contributed by atoms with Crippen molar-refractivity contribution in [3.8, 4) is 17.4 Å². The fraction of sp³-hybridized carbons (Fsp3) is 0.300. The first-order chi connectivity index (χ1) is 8.69. The third kappa shape index (κ3) is 1.61. The second kappa shape index (κ2) is 3.98. The summed E-state index contributed by atoms with van der Waals surface area (Å²) in [4.78, 5) is 6.25. The first-order valence-corrected chi connectivity index (χ1v) is 6.02. The van der Waals surface area contributed by atoms with Crippen molar-refractivity contribution in [2.45, 2.75) is 0 Å². The molecule has 3 aromatic rings. The van der Waals surface area contributed by atoms with Crippen LogP contribution in [0.2, 0.25) is 0 Å². The SMILES string of the molecule is COc1cnc(-c2csc3c2on(C)on3C)o1. The van der Waals surface area contributed by atoms with Crippen LogP contribution in [0.1, 0.15) is 0 Å². The van der Waals surface area contributed by atoms with Gasteiger partial charge in [0.05, 0.1) is 19.7 Å². The highest BCUT2D eigenvalue weighted by atomic mass is 32.1. The number of aromatic nitrogens is 3. The number of hydrogen-bond donors (Lipinski definition) is 0. The van der Waals surface area contributed by atoms with E-state index in [1.54, 1.807) is 18.8 Å². The average Bonchev–Trinajstić information content (AvgIpc) is 2.93. The Bertz CT molecular complexity index is 721. The van der Waals surface area contributed by atoms with Crippen molar-refractivity contribution in [2.75, 3.05) is 7.11 Å². The summed E-state index contributed by atoms with van der Waals surface area (Å²) in [6.45, 7) is 0. The predicted molar refractivity (Wildman–Crippen MR) is 64.0 cm³/mol. The van der Waals surface area contributed by atoms with Crippen LogP contribution in [0.25, 0.3) is 21.9 Å². The van der Waals surface area contributed by atoms with Gasteiger partial charge < -0.3 is 13.7 Å². The van der Waals surface area contributed by atoms with Crippen LogP contribution in [0, 0.1) is 0 Å². The van der Waals surface area contributed by atoms with E-state index in [0.717, 1.165) is 10.4 Å². The first-order valence-electron chi connectivity index (χ1n) is 5.14. The molecule has 3 aromatic heterocycles. The zero-order valence-electron chi connectivity index (χ0n) is 10.0. The number of rotatable bonds is 2. The van der Waals surface area contributed by atoms with E-state index in [9.17, 15) is 0 Å². The maximum absolute atomic E-state index is 5.51. The lowest BCUT2D eigenvalue weighted by Gasteiger charge is -2.02. The van der Waals surface area contributed by atoms with E-state index in [0.29, 0.717) is 17.4 Å². The molecule has 18 heavy (non-hydrogen) atoms. The topological polar surface area (TPSA) is 71.4 Å². The van der Waals surface area contributed by atoms with Crippen LogP contribution < -0.4 is 4.74 Å². The van der Waals surface area contributed by atoms with Gasteiger partial charge in [-0.05, 0) is 4.91 Å². The smallest absolute Gasteiger partial charge is 0.305 e. The molecule has 3 rings (SSSR count). The van der Waals surface area contributed by atoms with Gasteiger partial charge in [-0.25, -0.2) is 4.98 Å². The van der Waals surface area contributed by atoms with Crippen molar-refractivity contribution >= 4 is 21.8 Å². The van der Waals surface area contributed by atoms with Gasteiger partial charge in [-0.1, -0.05) is 0 Å². The number of aryl methyl sites for hydroxylation is 2. The lowest BCUT2D eigenvalue weighted by molar-refractivity contribution is 0.00732. The van der Waals surface area contributed by atoms with E-state index in [-0.39, 0.29) is 0 Å². The quantitative estimate of drug-likeness (QED) is 0.715. The van der Waals surface area contributed by atoms with Crippen molar-refractivity contribution in [1.29, 1.82) is 0 Å². The minimum Gasteiger partial charge on any atom is -0.467 e. The summed E-state index contributed by atoms with van der Waals surface area (Å²) < 4.78 is 22.8. The number of ether oxygens (including phenoxy) is 1. The van der Waals surface area contributed by atoms with E-state index < -0.39 is 0 Å². The Morgan fingerprint density at radius 3 is 2.94 bits per heavy atom. The zero-order valence-corrected chi connectivity index (χ0v) is 10.9. The van der Waals surface area contributed by atoms with Crippen molar-refractivity contribution in [3.05, 3.63) is 11.6 Å². The second-order valence-corrected chi connectivity index (χ2v) is 4.44. The average molecular weight is 269 g/mol. The lowest BCUT2D eigenvalue weighted by atomic mass is 10.3. The molecular formula is C10H11N3O4S. The molecule has 0 unspecified atom stereocenters. The van der Waals surface area contributed by atoms with Gasteiger partial charge in [-0.15, -0.1) is 11.3 Å². The Morgan fingerprint density at radius 2 is 2.22 bits per heavy atom. The lowest BCUT2D eigenvalue weighted by Crippen LogP contribution is -1.98. The van der Waals surface area contributed by atoms with E-state index in [4.69, 9.17) is 18.3 Å². The molecule has 3 heterocycles. The summed E-state index contributed by atoms with van der Waals surface area (Å²) in [7, 11) is 4.99. The maximum Gasteiger partial charge on any atom is 0.305 e. The molecule has 0 aromatic carbocycles. The highest BCUT2D eigenvalue weighted by Gasteiger charge is 2.17. The van der Waals surface area contributed by atoms with Crippen molar-refractivity contribution in [1.82, 2.24) is 14.6 Å². The molecule has 0 aliphatic carbocycles. The van der Waals surface area contributed by atoms with Gasteiger partial charge >= 0.3 is 5.95 Å². The molecule has 96 valence electrons. The Kier molecular flexibility index (Phi) is 2.44. The minimum absolute atomic E-state index is 0.360. The van der Waals surface area contributed by atoms with Crippen molar-refractivity contribution in [3.63, 3.8) is 0 Å². The van der Waals surface area contributed by atoms with Gasteiger partial charge in [-0.2, -0.15) is 4.74 Å². The molecule has 0 atom stereocenters. The Morgan fingerprint density at radius 1 is 1.39 bits per heavy atom. The van der Waals surface area contributed by atoms with Crippen LogP contribution in [0.3, 0.4) is 0 Å². The van der Waals surface area contributed by atoms with Crippen molar-refractivity contribution in [2.24, 2.45) is 14.1 Å². The van der Waals surface area contributed by atoms with Crippen LogP contribution in [0.4, 0.5) is 0 Å². The highest BCUT2D eigenvalue weighted by Crippen LogP contribution is 2.34. The summed E-state index contributed by atoms with van der Waals surface area (Å²) in [5.41, 5.74) is 1.42. The molecule has 7 nitrogen and oxygen atoms in total. The highest BCUT2D eigenvalue weighted by molar-refractivity contribution is 7.17. The number of hydrogen-bond acceptors (Lipinski definition) is 6. The monoisotopic (exact) mass is 269 g/mol. The van der Waals surface area contributed by atoms with Crippen LogP contribution in [0.15, 0.2) is 25.1 Å². The normalized spacial score (nSPS) is 11.1. The molecule has 0 bridgehead atoms. The van der Waals surface area contributed by atoms with Crippen LogP contribution >= 0.6 is 11.3 Å². The summed E-state index contributed by atoms with van der Waals surface area (Å²) >= 11 is 1.48. The number of methoxy groups -OCH3 is 1. The molecule has 0 saturated heterocycles. The minimum atomic E-state index is 0.360. The van der Waals surface area contributed by atoms with Crippen LogP contribution in [-0.2, 0) is 14.1 Å². The van der Waals surface area contributed by atoms with Gasteiger partial charge in [0.15, 0.2) is 4.83 Å². The Hall–Kier alpha value is -2.09. The van der Waals surface area contributed by atoms with Crippen LogP contribution in [-0.4, -0.2) is 21.7 Å². The Balaban J connectivity index is 2.23. The predicted octanol–water partition coefficient (Wildman–Crippen LogP) is 2.55. The summed E-state index contributed by atoms with van der Waals surface area (Å²) in [6.07, 6.45) is 1.52. The van der Waals surface area contributed by atoms with Gasteiger partial charge in [0.25, 0.3) is 0 Å². The van der Waals surface area contributed by atoms with E-state index in [1.165, 1.54) is 29.6 Å². The number of oxazole rings is 1. The fourth-order valence-electron chi connectivity index (χ4n) is 1.62. The number of fused-ring (bicyclic) bond motifs is 1. The molecule has 0 aliphatic rings. The van der Waals surface area contributed by atoms with E-state index in [1.807, 2.05) is 5.38 Å². The third-order valence-corrected chi connectivity index (χ3v) is 3.41. The van der Waals surface area contributed by atoms with Gasteiger partial charge in [0.1, 0.15) is 6.20 Å². The third-order valence-electron chi connectivity index (χ3n) is 2.39. The molecule has 0 fully saturated rings. The summed E-state index contributed by atoms with van der Waals surface area (Å²) in [5.74, 6) is 0.812. The molecule has 0 amide bonds. The zero-order chi connectivity index (χ0) is 12.7. The molecule has 0 aliphatic heterocycles. The molecule has 0 spiro atoms. The number of thiophene rings is 1. The number of nitrogens with zero attached hydrogens (tertiary/aromatic N) is 3. The molecular weight excluding hydrogens is 258 g/mol.